The van der Waals surface area contributed by atoms with Crippen LogP contribution in [0.15, 0.2) is 64.1 Å². The zero-order chi connectivity index (χ0) is 21.1. The van der Waals surface area contributed by atoms with Crippen LogP contribution in [0.3, 0.4) is 0 Å². The topological polar surface area (TPSA) is 128 Å². The lowest BCUT2D eigenvalue weighted by Crippen LogP contribution is -2.25. The van der Waals surface area contributed by atoms with Gasteiger partial charge in [-0.3, -0.25) is 9.59 Å². The number of hydrogen-bond donors (Lipinski definition) is 2. The molecule has 0 radical (unpaired) electrons. The average molecular weight is 427 g/mol. The van der Waals surface area contributed by atoms with Gasteiger partial charge in [-0.1, -0.05) is 17.3 Å². The van der Waals surface area contributed by atoms with Gasteiger partial charge < -0.3 is 19.9 Å². The van der Waals surface area contributed by atoms with E-state index >= 15 is 0 Å². The predicted molar refractivity (Wildman–Crippen MR) is 108 cm³/mol. The number of aromatic nitrogens is 1. The summed E-state index contributed by atoms with van der Waals surface area (Å²) in [5.74, 6) is -0.226. The highest BCUT2D eigenvalue weighted by Gasteiger charge is 2.22. The van der Waals surface area contributed by atoms with Crippen LogP contribution < -0.4 is 15.4 Å². The van der Waals surface area contributed by atoms with E-state index in [2.05, 4.69) is 15.8 Å². The fourth-order valence-electron chi connectivity index (χ4n) is 2.94. The maximum atomic E-state index is 12.6. The van der Waals surface area contributed by atoms with Gasteiger partial charge in [0.15, 0.2) is 22.2 Å². The van der Waals surface area contributed by atoms with Crippen LogP contribution in [-0.4, -0.2) is 37.7 Å². The van der Waals surface area contributed by atoms with Gasteiger partial charge in [0, 0.05) is 23.7 Å². The lowest BCUT2D eigenvalue weighted by Gasteiger charge is -2.18. The van der Waals surface area contributed by atoms with E-state index in [0.29, 0.717) is 22.9 Å². The van der Waals surface area contributed by atoms with Crippen LogP contribution in [0.5, 0.6) is 5.75 Å². The van der Waals surface area contributed by atoms with E-state index < -0.39 is 15.7 Å². The van der Waals surface area contributed by atoms with Crippen LogP contribution in [0.2, 0.25) is 0 Å². The Morgan fingerprint density at radius 3 is 2.83 bits per heavy atom. The average Bonchev–Trinajstić information content (AvgIpc) is 3.27. The maximum Gasteiger partial charge on any atom is 0.262 e. The standard InChI is InChI=1S/C20H17N3O6S/c24-19(22-14-3-1-2-13(10-14)17-6-8-21-29-17)7-9-30(26,27)15-4-5-18-16(11-15)23-20(25)12-28-18/h1-6,8,10-11H,7,9,12H2,(H,22,24)(H,23,25). The minimum Gasteiger partial charge on any atom is -0.482 e. The Kier molecular flexibility index (Phi) is 5.23. The first-order valence-corrected chi connectivity index (χ1v) is 10.7. The molecule has 0 bridgehead atoms. The fraction of sp³-hybridized carbons (Fsp3) is 0.150. The van der Waals surface area contributed by atoms with Crippen molar-refractivity contribution in [2.45, 2.75) is 11.3 Å². The summed E-state index contributed by atoms with van der Waals surface area (Å²) in [6.45, 7) is -0.114. The third-order valence-corrected chi connectivity index (χ3v) is 6.12. The molecular formula is C20H17N3O6S. The summed E-state index contributed by atoms with van der Waals surface area (Å²) < 4.78 is 35.5. The van der Waals surface area contributed by atoms with Gasteiger partial charge in [-0.05, 0) is 30.3 Å². The molecule has 4 rings (SSSR count). The molecule has 154 valence electrons. The molecule has 2 amide bonds. The molecule has 0 aliphatic carbocycles. The van der Waals surface area contributed by atoms with Crippen molar-refractivity contribution < 1.29 is 27.3 Å². The van der Waals surface area contributed by atoms with Crippen molar-refractivity contribution in [2.75, 3.05) is 23.0 Å². The summed E-state index contributed by atoms with van der Waals surface area (Å²) >= 11 is 0. The molecule has 1 aliphatic heterocycles. The molecular weight excluding hydrogens is 410 g/mol. The van der Waals surface area contributed by atoms with Crippen LogP contribution in [0.1, 0.15) is 6.42 Å². The number of amides is 2. The Morgan fingerprint density at radius 2 is 2.03 bits per heavy atom. The Morgan fingerprint density at radius 1 is 1.17 bits per heavy atom. The second kappa shape index (κ2) is 7.99. The Labute approximate surface area is 171 Å². The van der Waals surface area contributed by atoms with Crippen molar-refractivity contribution >= 4 is 33.0 Å². The van der Waals surface area contributed by atoms with E-state index in [1.807, 2.05) is 0 Å². The molecule has 30 heavy (non-hydrogen) atoms. The van der Waals surface area contributed by atoms with Crippen molar-refractivity contribution in [1.29, 1.82) is 0 Å². The van der Waals surface area contributed by atoms with Crippen LogP contribution >= 0.6 is 0 Å². The summed E-state index contributed by atoms with van der Waals surface area (Å²) in [7, 11) is -3.73. The SMILES string of the molecule is O=C(CCS(=O)(=O)c1ccc2c(c1)NC(=O)CO2)Nc1cccc(-c2ccno2)c1. The van der Waals surface area contributed by atoms with Gasteiger partial charge in [0.2, 0.25) is 5.91 Å². The van der Waals surface area contributed by atoms with Gasteiger partial charge in [0.1, 0.15) is 5.75 Å². The summed E-state index contributed by atoms with van der Waals surface area (Å²) in [5, 5.41) is 8.89. The van der Waals surface area contributed by atoms with Gasteiger partial charge in [-0.25, -0.2) is 8.42 Å². The molecule has 3 aromatic rings. The van der Waals surface area contributed by atoms with Crippen molar-refractivity contribution in [2.24, 2.45) is 0 Å². The number of carbonyl (C=O) groups is 2. The first-order chi connectivity index (χ1) is 14.4. The van der Waals surface area contributed by atoms with Gasteiger partial charge in [0.05, 0.1) is 22.5 Å². The van der Waals surface area contributed by atoms with Crippen LogP contribution in [0.4, 0.5) is 11.4 Å². The van der Waals surface area contributed by atoms with Crippen LogP contribution in [0.25, 0.3) is 11.3 Å². The number of anilines is 2. The molecule has 0 atom stereocenters. The Hall–Kier alpha value is -3.66. The van der Waals surface area contributed by atoms with E-state index in [9.17, 15) is 18.0 Å². The molecule has 1 aromatic heterocycles. The largest absolute Gasteiger partial charge is 0.482 e. The van der Waals surface area contributed by atoms with Gasteiger partial charge >= 0.3 is 0 Å². The first-order valence-electron chi connectivity index (χ1n) is 9.01. The number of fused-ring (bicyclic) bond motifs is 1. The number of hydrogen-bond acceptors (Lipinski definition) is 7. The zero-order valence-electron chi connectivity index (χ0n) is 15.6. The third-order valence-electron chi connectivity index (χ3n) is 4.41. The number of ether oxygens (including phenoxy) is 1. The van der Waals surface area contributed by atoms with Crippen LogP contribution in [-0.2, 0) is 19.4 Å². The normalized spacial score (nSPS) is 13.1. The first kappa shape index (κ1) is 19.6. The van der Waals surface area contributed by atoms with Crippen LogP contribution in [0, 0.1) is 0 Å². The third kappa shape index (κ3) is 4.33. The Balaban J connectivity index is 1.41. The molecule has 0 saturated heterocycles. The van der Waals surface area contributed by atoms with Crippen molar-refractivity contribution in [3.05, 3.63) is 54.7 Å². The van der Waals surface area contributed by atoms with E-state index in [1.165, 1.54) is 24.4 Å². The van der Waals surface area contributed by atoms with Gasteiger partial charge in [0.25, 0.3) is 5.91 Å². The summed E-state index contributed by atoms with van der Waals surface area (Å²) in [4.78, 5) is 23.7. The minimum absolute atomic E-state index is 0.00664. The second-order valence-corrected chi connectivity index (χ2v) is 8.68. The highest BCUT2D eigenvalue weighted by atomic mass is 32.2. The zero-order valence-corrected chi connectivity index (χ0v) is 16.4. The summed E-state index contributed by atoms with van der Waals surface area (Å²) in [5.41, 5.74) is 1.54. The highest BCUT2D eigenvalue weighted by Crippen LogP contribution is 2.30. The molecule has 0 spiro atoms. The minimum atomic E-state index is -3.73. The van der Waals surface area contributed by atoms with E-state index in [0.717, 1.165) is 5.56 Å². The highest BCUT2D eigenvalue weighted by molar-refractivity contribution is 7.91. The molecule has 0 unspecified atom stereocenters. The second-order valence-electron chi connectivity index (χ2n) is 6.57. The van der Waals surface area contributed by atoms with Crippen molar-refractivity contribution in [3.8, 4) is 17.1 Å². The summed E-state index contributed by atoms with van der Waals surface area (Å²) in [6.07, 6.45) is 1.29. The van der Waals surface area contributed by atoms with Crippen molar-refractivity contribution in [3.63, 3.8) is 0 Å². The van der Waals surface area contributed by atoms with E-state index in [4.69, 9.17) is 9.26 Å². The maximum absolute atomic E-state index is 12.6. The molecule has 2 N–H and O–H groups in total. The fourth-order valence-corrected chi connectivity index (χ4v) is 4.20. The molecule has 9 nitrogen and oxygen atoms in total. The molecule has 1 aliphatic rings. The van der Waals surface area contributed by atoms with Gasteiger partial charge in [-0.15, -0.1) is 0 Å². The van der Waals surface area contributed by atoms with Crippen molar-refractivity contribution in [1.82, 2.24) is 5.16 Å². The lowest BCUT2D eigenvalue weighted by atomic mass is 10.1. The monoisotopic (exact) mass is 427 g/mol. The number of carbonyl (C=O) groups excluding carboxylic acids is 2. The van der Waals surface area contributed by atoms with Gasteiger partial charge in [-0.2, -0.15) is 0 Å². The number of rotatable bonds is 6. The lowest BCUT2D eigenvalue weighted by molar-refractivity contribution is -0.118. The molecule has 2 aromatic carbocycles. The number of nitrogens with one attached hydrogen (secondary N) is 2. The molecule has 0 saturated carbocycles. The molecule has 0 fully saturated rings. The quantitative estimate of drug-likeness (QED) is 0.618. The smallest absolute Gasteiger partial charge is 0.262 e. The summed E-state index contributed by atoms with van der Waals surface area (Å²) in [6, 6.07) is 12.9. The predicted octanol–water partition coefficient (Wildman–Crippen LogP) is 2.48. The number of nitrogens with zero attached hydrogens (tertiary/aromatic N) is 1. The van der Waals surface area contributed by atoms with E-state index in [-0.39, 0.29) is 29.6 Å². The molecule has 2 heterocycles. The van der Waals surface area contributed by atoms with E-state index in [1.54, 1.807) is 30.3 Å². The molecule has 10 heteroatoms. The number of sulfone groups is 1. The Bertz CT molecular complexity index is 1210. The number of benzene rings is 2.